The van der Waals surface area contributed by atoms with Crippen molar-refractivity contribution < 1.29 is 22.7 Å². The van der Waals surface area contributed by atoms with Gasteiger partial charge >= 0.3 is 6.18 Å². The van der Waals surface area contributed by atoms with Crippen molar-refractivity contribution in [2.24, 2.45) is 0 Å². The van der Waals surface area contributed by atoms with Crippen molar-refractivity contribution in [1.82, 2.24) is 0 Å². The van der Waals surface area contributed by atoms with Crippen LogP contribution in [-0.2, 0) is 11.0 Å². The van der Waals surface area contributed by atoms with E-state index in [2.05, 4.69) is 15.9 Å². The van der Waals surface area contributed by atoms with Crippen molar-refractivity contribution in [3.8, 4) is 5.75 Å². The Morgan fingerprint density at radius 3 is 2.63 bits per heavy atom. The minimum atomic E-state index is -4.50. The zero-order valence-corrected chi connectivity index (χ0v) is 16.9. The minimum Gasteiger partial charge on any atom is -0.496 e. The fourth-order valence-corrected chi connectivity index (χ4v) is 4.09. The molecule has 1 fully saturated rings. The van der Waals surface area contributed by atoms with E-state index in [-0.39, 0.29) is 10.0 Å². The van der Waals surface area contributed by atoms with E-state index in [1.165, 1.54) is 19.2 Å². The molecule has 0 N–H and O–H groups in total. The van der Waals surface area contributed by atoms with Crippen LogP contribution in [0.3, 0.4) is 0 Å². The number of rotatable bonds is 3. The summed E-state index contributed by atoms with van der Waals surface area (Å²) in [6.45, 7) is 0. The molecular formula is C18H11BrF3NO2S2. The SMILES string of the molecule is COc1cc(Br)ccc1/C=C1\SC(=S)N(c2cccc(C(F)(F)F)c2)C1=O. The molecule has 2 aromatic carbocycles. The van der Waals surface area contributed by atoms with Gasteiger partial charge in [-0.15, -0.1) is 0 Å². The normalized spacial score (nSPS) is 16.3. The Morgan fingerprint density at radius 1 is 1.22 bits per heavy atom. The molecule has 0 unspecified atom stereocenters. The topological polar surface area (TPSA) is 29.5 Å². The molecule has 140 valence electrons. The molecule has 0 atom stereocenters. The first-order valence-corrected chi connectivity index (χ1v) is 9.51. The standard InChI is InChI=1S/C18H11BrF3NO2S2/c1-25-14-9-12(19)6-5-10(14)7-15-16(24)23(17(26)27-15)13-4-2-3-11(8-13)18(20,21)22/h2-9H,1H3/b15-7-. The molecule has 1 heterocycles. The fourth-order valence-electron chi connectivity index (χ4n) is 2.46. The lowest BCUT2D eigenvalue weighted by Crippen LogP contribution is -2.27. The number of thioether (sulfide) groups is 1. The number of methoxy groups -OCH3 is 1. The third kappa shape index (κ3) is 4.20. The highest BCUT2D eigenvalue weighted by atomic mass is 79.9. The van der Waals surface area contributed by atoms with Crippen LogP contribution < -0.4 is 9.64 Å². The lowest BCUT2D eigenvalue weighted by molar-refractivity contribution is -0.137. The molecule has 0 spiro atoms. The Morgan fingerprint density at radius 2 is 1.96 bits per heavy atom. The Hall–Kier alpha value is -1.84. The summed E-state index contributed by atoms with van der Waals surface area (Å²) in [5.41, 5.74) is -0.101. The summed E-state index contributed by atoms with van der Waals surface area (Å²) in [6, 6.07) is 9.83. The molecular weight excluding hydrogens is 463 g/mol. The van der Waals surface area contributed by atoms with Gasteiger partial charge in [-0.1, -0.05) is 52.0 Å². The van der Waals surface area contributed by atoms with Gasteiger partial charge in [0, 0.05) is 10.0 Å². The van der Waals surface area contributed by atoms with Gasteiger partial charge in [0.05, 0.1) is 23.3 Å². The summed E-state index contributed by atoms with van der Waals surface area (Å²) in [7, 11) is 1.51. The van der Waals surface area contributed by atoms with Gasteiger partial charge in [-0.3, -0.25) is 9.69 Å². The zero-order valence-electron chi connectivity index (χ0n) is 13.7. The zero-order chi connectivity index (χ0) is 19.8. The lowest BCUT2D eigenvalue weighted by Gasteiger charge is -2.16. The van der Waals surface area contributed by atoms with Gasteiger partial charge in [-0.25, -0.2) is 0 Å². The number of amides is 1. The van der Waals surface area contributed by atoms with E-state index in [1.807, 2.05) is 0 Å². The number of carbonyl (C=O) groups excluding carboxylic acids is 1. The van der Waals surface area contributed by atoms with Crippen LogP contribution in [0, 0.1) is 0 Å². The lowest BCUT2D eigenvalue weighted by atomic mass is 10.1. The highest BCUT2D eigenvalue weighted by Crippen LogP contribution is 2.39. The van der Waals surface area contributed by atoms with E-state index in [9.17, 15) is 18.0 Å². The van der Waals surface area contributed by atoms with Crippen LogP contribution in [0.2, 0.25) is 0 Å². The number of anilines is 1. The number of carbonyl (C=O) groups is 1. The van der Waals surface area contributed by atoms with Gasteiger partial charge in [0.2, 0.25) is 0 Å². The highest BCUT2D eigenvalue weighted by Gasteiger charge is 2.36. The van der Waals surface area contributed by atoms with E-state index in [0.29, 0.717) is 16.2 Å². The average Bonchev–Trinajstić information content (AvgIpc) is 2.89. The number of hydrogen-bond donors (Lipinski definition) is 0. The van der Waals surface area contributed by atoms with Gasteiger partial charge in [0.25, 0.3) is 5.91 Å². The molecule has 3 nitrogen and oxygen atoms in total. The van der Waals surface area contributed by atoms with E-state index < -0.39 is 17.6 Å². The van der Waals surface area contributed by atoms with Crippen LogP contribution in [0.4, 0.5) is 18.9 Å². The van der Waals surface area contributed by atoms with Gasteiger partial charge in [-0.2, -0.15) is 13.2 Å². The Bertz CT molecular complexity index is 960. The molecule has 9 heteroatoms. The van der Waals surface area contributed by atoms with Crippen LogP contribution in [0.5, 0.6) is 5.75 Å². The van der Waals surface area contributed by atoms with Crippen molar-refractivity contribution in [2.45, 2.75) is 6.18 Å². The van der Waals surface area contributed by atoms with E-state index in [1.54, 1.807) is 24.3 Å². The molecule has 0 radical (unpaired) electrons. The Labute approximate surface area is 171 Å². The first-order chi connectivity index (χ1) is 12.7. The molecule has 1 saturated heterocycles. The molecule has 0 aromatic heterocycles. The smallest absolute Gasteiger partial charge is 0.416 e. The van der Waals surface area contributed by atoms with Crippen LogP contribution in [0.25, 0.3) is 6.08 Å². The Kier molecular flexibility index (Phi) is 5.64. The molecule has 1 aliphatic rings. The maximum Gasteiger partial charge on any atom is 0.416 e. The number of nitrogens with zero attached hydrogens (tertiary/aromatic N) is 1. The van der Waals surface area contributed by atoms with Crippen molar-refractivity contribution in [2.75, 3.05) is 12.0 Å². The first-order valence-electron chi connectivity index (χ1n) is 7.49. The summed E-state index contributed by atoms with van der Waals surface area (Å²) in [4.78, 5) is 14.2. The van der Waals surface area contributed by atoms with Crippen LogP contribution >= 0.6 is 39.9 Å². The first kappa shape index (κ1) is 19.9. The molecule has 0 bridgehead atoms. The maximum absolute atomic E-state index is 13.0. The quantitative estimate of drug-likeness (QED) is 0.411. The van der Waals surface area contributed by atoms with Crippen molar-refractivity contribution in [3.63, 3.8) is 0 Å². The molecule has 1 amide bonds. The van der Waals surface area contributed by atoms with Gasteiger partial charge in [0.1, 0.15) is 5.75 Å². The summed E-state index contributed by atoms with van der Waals surface area (Å²) in [5.74, 6) is 0.0722. The van der Waals surface area contributed by atoms with E-state index >= 15 is 0 Å². The number of hydrogen-bond acceptors (Lipinski definition) is 4. The number of halogens is 4. The van der Waals surface area contributed by atoms with Crippen molar-refractivity contribution in [1.29, 1.82) is 0 Å². The van der Waals surface area contributed by atoms with Gasteiger partial charge < -0.3 is 4.74 Å². The largest absolute Gasteiger partial charge is 0.496 e. The van der Waals surface area contributed by atoms with E-state index in [4.69, 9.17) is 17.0 Å². The molecule has 27 heavy (non-hydrogen) atoms. The summed E-state index contributed by atoms with van der Waals surface area (Å²) in [6.07, 6.45) is -2.89. The maximum atomic E-state index is 13.0. The number of alkyl halides is 3. The second kappa shape index (κ2) is 7.65. The second-order valence-electron chi connectivity index (χ2n) is 5.45. The third-order valence-corrected chi connectivity index (χ3v) is 5.50. The van der Waals surface area contributed by atoms with Crippen molar-refractivity contribution in [3.05, 3.63) is 63.0 Å². The third-order valence-electron chi connectivity index (χ3n) is 3.71. The molecule has 0 saturated carbocycles. The molecule has 2 aromatic rings. The predicted octanol–water partition coefficient (Wildman–Crippen LogP) is 5.88. The number of ether oxygens (including phenoxy) is 1. The van der Waals surface area contributed by atoms with Crippen LogP contribution in [0.1, 0.15) is 11.1 Å². The predicted molar refractivity (Wildman–Crippen MR) is 108 cm³/mol. The molecule has 0 aliphatic carbocycles. The second-order valence-corrected chi connectivity index (χ2v) is 8.04. The van der Waals surface area contributed by atoms with Gasteiger partial charge in [0.15, 0.2) is 4.32 Å². The molecule has 3 rings (SSSR count). The van der Waals surface area contributed by atoms with Crippen LogP contribution in [0.15, 0.2) is 51.8 Å². The number of benzene rings is 2. The monoisotopic (exact) mass is 473 g/mol. The number of thiocarbonyl (C=S) groups is 1. The average molecular weight is 474 g/mol. The summed E-state index contributed by atoms with van der Waals surface area (Å²) in [5, 5.41) is 0. The Balaban J connectivity index is 1.97. The van der Waals surface area contributed by atoms with Crippen LogP contribution in [-0.4, -0.2) is 17.3 Å². The fraction of sp³-hybridized carbons (Fsp3) is 0.111. The molecule has 1 aliphatic heterocycles. The van der Waals surface area contributed by atoms with Crippen molar-refractivity contribution >= 4 is 61.9 Å². The summed E-state index contributed by atoms with van der Waals surface area (Å²) >= 11 is 9.59. The minimum absolute atomic E-state index is 0.0819. The summed E-state index contributed by atoms with van der Waals surface area (Å²) < 4.78 is 45.2. The van der Waals surface area contributed by atoms with E-state index in [0.717, 1.165) is 33.3 Å². The highest BCUT2D eigenvalue weighted by molar-refractivity contribution is 9.10. The van der Waals surface area contributed by atoms with Gasteiger partial charge in [-0.05, 0) is 36.4 Å².